The smallest absolute Gasteiger partial charge is 0.246 e. The first-order chi connectivity index (χ1) is 63.1. The Bertz CT molecular complexity index is 5120. The Labute approximate surface area is 767 Å². The summed E-state index contributed by atoms with van der Waals surface area (Å²) in [7, 11) is 2.72. The molecule has 0 spiro atoms. The van der Waals surface area contributed by atoms with Crippen LogP contribution in [-0.4, -0.2) is 309 Å². The standard InChI is InChI=1S/C90H123N21O20S/c1-8-10-23-69-82(123)98-50(5)77(118)106-68(78(119)96-43-75(92)116)46-132-47-76(117)99-64(34-51-27-29-55(113)30-28-51)87(128)109-31-17-16-25-70(109)84(125)104-66(39-74(91)115)88(129)110-32-18-26-71(110)83(124)101-62(37-54-42-93-48-97-54)80(121)102-63(33-49(3)4)89(130)111-44-56(114)38-73(111)85(126)100-61(35-52-40-94-59-21-14-12-19-57(52)59)79(120)105-67(45-112)81(122)103-65(36-53-41-95-60-22-15-13-20-58(53)60)86(127)108(7)72(24-11-9-2)90(131)107(69)6/h12-15,19-22,27-30,40-42,48-50,56,61-73,94-95,112-114H,8-11,16-18,23-26,31-39,43-47H2,1-7H3,(H2,91,115)(H2,92,116)(H,93,97)(H,96,119)(H,98,123)(H,99,117)(H,100,126)(H,101,124)(H,102,121)(H,103,122)(H,104,125)(H,105,120)(H,106,118)/t50-,56+,61-,62-,63-,64-,65-,66-,67-,68-,69-,70-,71-,72-,73-/m0/s1. The van der Waals surface area contributed by atoms with Crippen molar-refractivity contribution in [3.05, 3.63) is 120 Å². The third-order valence-corrected chi connectivity index (χ3v) is 25.3. The van der Waals surface area contributed by atoms with Gasteiger partial charge in [-0.3, -0.25) is 81.5 Å². The molecule has 20 N–H and O–H groups in total. The molecule has 4 aliphatic rings. The van der Waals surface area contributed by atoms with Gasteiger partial charge in [-0.25, -0.2) is 4.98 Å². The van der Waals surface area contributed by atoms with Crippen LogP contribution in [0.1, 0.15) is 147 Å². The van der Waals surface area contributed by atoms with E-state index < -0.39 is 223 Å². The van der Waals surface area contributed by atoms with Crippen molar-refractivity contribution >= 4 is 134 Å². The van der Waals surface area contributed by atoms with Crippen LogP contribution in [0.15, 0.2) is 97.7 Å². The van der Waals surface area contributed by atoms with Crippen LogP contribution in [-0.2, 0) is 107 Å². The summed E-state index contributed by atoms with van der Waals surface area (Å²) in [6.07, 6.45) is 5.11. The second-order valence-electron chi connectivity index (χ2n) is 34.6. The van der Waals surface area contributed by atoms with Crippen molar-refractivity contribution in [2.75, 3.05) is 58.4 Å². The van der Waals surface area contributed by atoms with Crippen LogP contribution >= 0.6 is 11.8 Å². The van der Waals surface area contributed by atoms with Crippen LogP contribution in [0.2, 0.25) is 0 Å². The van der Waals surface area contributed by atoms with Crippen molar-refractivity contribution < 1.29 is 96.8 Å². The number of carbonyl (C=O) groups excluding carboxylic acids is 17. The van der Waals surface area contributed by atoms with Crippen LogP contribution < -0.4 is 64.6 Å². The van der Waals surface area contributed by atoms with Crippen molar-refractivity contribution in [2.24, 2.45) is 17.4 Å². The number of carbonyl (C=O) groups is 17. The van der Waals surface area contributed by atoms with Gasteiger partial charge in [0.1, 0.15) is 90.3 Å². The summed E-state index contributed by atoms with van der Waals surface area (Å²) in [5, 5.41) is 60.8. The van der Waals surface area contributed by atoms with Crippen LogP contribution in [0.3, 0.4) is 0 Å². The second kappa shape index (κ2) is 47.7. The number of phenolic OH excluding ortho intramolecular Hbond substituents is 1. The Morgan fingerprint density at radius 1 is 0.538 bits per heavy atom. The SMILES string of the molecule is CCCC[C@H]1C(=O)N(C)[C@@H](CCCC)C(=O)N[C@@H](C)C(=O)N[C@H](C(=O)NCC(N)=O)CSCC(=O)N[C@@H](Cc2ccc(O)cc2)C(=O)N2CCCC[C@H]2C(=O)N[C@@H](CC(N)=O)C(=O)N2CCC[C@H]2C(=O)N[C@@H](Cc2c[nH]cn2)C(=O)N[C@@H](CC(C)C)C(=O)N2C[C@H](O)C[C@H]2C(=O)N[C@@H](Cc2c[nH]c3ccccc23)C(=O)N[C@@H](CO)C(=O)N[C@@H](Cc2c[nH]c3ccccc23)C(=O)N1C. The number of aromatic amines is 3. The molecule has 0 unspecified atom stereocenters. The monoisotopic (exact) mass is 1850 g/mol. The zero-order valence-electron chi connectivity index (χ0n) is 75.2. The molecule has 714 valence electrons. The van der Waals surface area contributed by atoms with Gasteiger partial charge in [-0.15, -0.1) is 11.8 Å². The molecule has 15 atom stereocenters. The predicted molar refractivity (Wildman–Crippen MR) is 483 cm³/mol. The maximum Gasteiger partial charge on any atom is 0.246 e. The normalized spacial score (nSPS) is 25.6. The molecule has 7 heterocycles. The Morgan fingerprint density at radius 3 is 1.65 bits per heavy atom. The van der Waals surface area contributed by atoms with Crippen molar-refractivity contribution in [2.45, 2.75) is 241 Å². The number of phenols is 1. The second-order valence-corrected chi connectivity index (χ2v) is 35.6. The summed E-state index contributed by atoms with van der Waals surface area (Å²) in [4.78, 5) is 269. The van der Waals surface area contributed by atoms with Crippen molar-refractivity contribution in [1.29, 1.82) is 0 Å². The highest BCUT2D eigenvalue weighted by atomic mass is 32.2. The number of nitrogens with one attached hydrogen (secondary N) is 13. The molecule has 10 rings (SSSR count). The summed E-state index contributed by atoms with van der Waals surface area (Å²) in [5.41, 5.74) is 14.2. The quantitative estimate of drug-likeness (QED) is 0.0362. The highest BCUT2D eigenvalue weighted by Gasteiger charge is 2.47. The van der Waals surface area contributed by atoms with Gasteiger partial charge < -0.3 is 119 Å². The van der Waals surface area contributed by atoms with Gasteiger partial charge in [-0.05, 0) is 105 Å². The zero-order chi connectivity index (χ0) is 95.7. The fourth-order valence-electron chi connectivity index (χ4n) is 17.1. The number of imidazole rings is 1. The van der Waals surface area contributed by atoms with E-state index in [4.69, 9.17) is 11.5 Å². The number of unbranched alkanes of at least 4 members (excludes halogenated alkanes) is 2. The highest BCUT2D eigenvalue weighted by molar-refractivity contribution is 8.00. The minimum Gasteiger partial charge on any atom is -0.508 e. The van der Waals surface area contributed by atoms with E-state index in [-0.39, 0.29) is 107 Å². The third-order valence-electron chi connectivity index (χ3n) is 24.2. The van der Waals surface area contributed by atoms with E-state index in [0.717, 1.165) is 31.4 Å². The number of thioether (sulfide) groups is 1. The fraction of sp³-hybridized carbons (Fsp3) is 0.533. The molecular formula is C90H123N21O20S. The number of rotatable bonds is 22. The van der Waals surface area contributed by atoms with Crippen LogP contribution in [0.25, 0.3) is 21.8 Å². The predicted octanol–water partition coefficient (Wildman–Crippen LogP) is -1.64. The van der Waals surface area contributed by atoms with Crippen molar-refractivity contribution in [3.63, 3.8) is 0 Å². The van der Waals surface area contributed by atoms with Gasteiger partial charge in [-0.1, -0.05) is 102 Å². The molecule has 132 heavy (non-hydrogen) atoms. The van der Waals surface area contributed by atoms with Crippen LogP contribution in [0.5, 0.6) is 5.75 Å². The molecule has 0 saturated carbocycles. The van der Waals surface area contributed by atoms with Gasteiger partial charge in [0.25, 0.3) is 0 Å². The summed E-state index contributed by atoms with van der Waals surface area (Å²) in [6, 6.07) is -1.38. The summed E-state index contributed by atoms with van der Waals surface area (Å²) in [6.45, 7) is 6.13. The molecule has 4 aliphatic heterocycles. The van der Waals surface area contributed by atoms with Crippen LogP contribution in [0.4, 0.5) is 0 Å². The van der Waals surface area contributed by atoms with Crippen molar-refractivity contribution in [1.82, 2.24) is 97.6 Å². The third kappa shape index (κ3) is 26.9. The number of primary amides is 2. The Morgan fingerprint density at radius 2 is 1.06 bits per heavy atom. The first-order valence-corrected chi connectivity index (χ1v) is 46.0. The molecule has 17 amide bonds. The van der Waals surface area contributed by atoms with Gasteiger partial charge in [-0.2, -0.15) is 0 Å². The molecule has 0 radical (unpaired) electrons. The van der Waals surface area contributed by atoms with Crippen molar-refractivity contribution in [3.8, 4) is 5.75 Å². The Kier molecular flexibility index (Phi) is 36.6. The van der Waals surface area contributed by atoms with E-state index in [1.54, 1.807) is 74.8 Å². The number of amides is 17. The molecule has 4 fully saturated rings. The number of nitrogens with two attached hydrogens (primary N) is 2. The molecule has 42 heteroatoms. The van der Waals surface area contributed by atoms with Gasteiger partial charge in [0.2, 0.25) is 100 Å². The molecule has 3 aromatic heterocycles. The lowest BCUT2D eigenvalue weighted by Crippen LogP contribution is -2.62. The minimum absolute atomic E-state index is 0.000340. The number of aliphatic hydroxyl groups excluding tert-OH is 2. The fourth-order valence-corrected chi connectivity index (χ4v) is 18.0. The minimum atomic E-state index is -1.87. The Hall–Kier alpha value is -13.0. The molecular weight excluding hydrogens is 1730 g/mol. The molecule has 0 aliphatic carbocycles. The number of piperidine rings is 1. The lowest BCUT2D eigenvalue weighted by molar-refractivity contribution is -0.149. The highest BCUT2D eigenvalue weighted by Crippen LogP contribution is 2.29. The number of hydrogen-bond donors (Lipinski definition) is 18. The first kappa shape index (κ1) is 101. The van der Waals surface area contributed by atoms with E-state index in [0.29, 0.717) is 77.0 Å². The zero-order valence-corrected chi connectivity index (χ0v) is 76.0. The van der Waals surface area contributed by atoms with Gasteiger partial charge in [0.15, 0.2) is 0 Å². The molecule has 0 bridgehead atoms. The lowest BCUT2D eigenvalue weighted by Gasteiger charge is -2.38. The number of para-hydroxylation sites is 2. The van der Waals surface area contributed by atoms with Gasteiger partial charge in [0.05, 0.1) is 43.5 Å². The van der Waals surface area contributed by atoms with E-state index in [2.05, 4.69) is 73.1 Å². The molecule has 41 nitrogen and oxygen atoms in total. The summed E-state index contributed by atoms with van der Waals surface area (Å²) < 4.78 is 0. The average Bonchev–Trinajstić information content (AvgIpc) is 1.50. The maximum absolute atomic E-state index is 15.6. The molecule has 3 aromatic carbocycles. The number of aromatic nitrogens is 4. The van der Waals surface area contributed by atoms with E-state index in [1.165, 1.54) is 62.7 Å². The number of hydrogen-bond acceptors (Lipinski definition) is 22. The number of fused-ring (bicyclic) bond motifs is 5. The van der Waals surface area contributed by atoms with E-state index in [9.17, 15) is 53.7 Å². The number of likely N-dealkylation sites (N-methyl/N-ethyl adjacent to an activating group) is 2. The number of aromatic hydroxyl groups is 1. The number of benzene rings is 3. The largest absolute Gasteiger partial charge is 0.508 e. The first-order valence-electron chi connectivity index (χ1n) is 44.8. The lowest BCUT2D eigenvalue weighted by atomic mass is 9.97. The van der Waals surface area contributed by atoms with E-state index >= 15 is 43.2 Å². The molecule has 6 aromatic rings. The summed E-state index contributed by atoms with van der Waals surface area (Å²) >= 11 is 0.804. The van der Waals surface area contributed by atoms with Gasteiger partial charge >= 0.3 is 0 Å². The number of aliphatic hydroxyl groups is 2. The topological polar surface area (TPSA) is 600 Å². The Balaban J connectivity index is 1.00. The van der Waals surface area contributed by atoms with Crippen LogP contribution in [0, 0.1) is 5.92 Å². The maximum atomic E-state index is 15.6. The average molecular weight is 1850 g/mol. The molecule has 4 saturated heterocycles. The van der Waals surface area contributed by atoms with E-state index in [1.807, 2.05) is 13.8 Å². The number of nitrogens with zero attached hydrogens (tertiary/aromatic N) is 6. The van der Waals surface area contributed by atoms with Gasteiger partial charge in [0, 0.05) is 112 Å². The summed E-state index contributed by atoms with van der Waals surface area (Å²) in [5.74, 6) is -16.8. The number of H-pyrrole nitrogens is 3.